The van der Waals surface area contributed by atoms with Crippen LogP contribution in [-0.2, 0) is 6.42 Å². The maximum atomic E-state index is 14.0. The van der Waals surface area contributed by atoms with Crippen molar-refractivity contribution in [3.63, 3.8) is 0 Å². The Labute approximate surface area is 198 Å². The number of nitriles is 1. The van der Waals surface area contributed by atoms with E-state index in [1.54, 1.807) is 36.4 Å². The molecule has 8 nitrogen and oxygen atoms in total. The van der Waals surface area contributed by atoms with Crippen molar-refractivity contribution in [2.75, 3.05) is 17.4 Å². The number of alkyl halides is 3. The molecule has 2 aliphatic heterocycles. The molecule has 2 unspecified atom stereocenters. The Bertz CT molecular complexity index is 1310. The Morgan fingerprint density at radius 3 is 2.83 bits per heavy atom. The molecule has 0 aliphatic carbocycles. The number of hydrogen-bond acceptors (Lipinski definition) is 6. The van der Waals surface area contributed by atoms with E-state index in [0.717, 1.165) is 10.2 Å². The molecule has 11 heteroatoms. The lowest BCUT2D eigenvalue weighted by atomic mass is 9.96. The summed E-state index contributed by atoms with van der Waals surface area (Å²) in [5, 5.41) is 18.5. The molecular formula is C24H20F3N5O3. The van der Waals surface area contributed by atoms with Crippen LogP contribution in [0.2, 0.25) is 0 Å². The molecule has 0 fully saturated rings. The second-order valence-corrected chi connectivity index (χ2v) is 8.27. The van der Waals surface area contributed by atoms with Crippen LogP contribution in [0.1, 0.15) is 46.5 Å². The molecule has 180 valence electrons. The topological polar surface area (TPSA) is 101 Å². The zero-order valence-electron chi connectivity index (χ0n) is 18.3. The highest BCUT2D eigenvalue weighted by Crippen LogP contribution is 2.45. The van der Waals surface area contributed by atoms with Gasteiger partial charge >= 0.3 is 6.18 Å². The lowest BCUT2D eigenvalue weighted by Crippen LogP contribution is -2.35. The minimum Gasteiger partial charge on any atom is -0.454 e. The number of anilines is 2. The van der Waals surface area contributed by atoms with Gasteiger partial charge in [-0.05, 0) is 41.8 Å². The van der Waals surface area contributed by atoms with Crippen LogP contribution >= 0.6 is 0 Å². The molecule has 2 aliphatic rings. The van der Waals surface area contributed by atoms with Crippen LogP contribution in [0.3, 0.4) is 0 Å². The summed E-state index contributed by atoms with van der Waals surface area (Å²) in [6, 6.07) is 12.8. The Kier molecular flexibility index (Phi) is 5.72. The molecule has 0 saturated heterocycles. The maximum Gasteiger partial charge on any atom is 0.410 e. The van der Waals surface area contributed by atoms with E-state index in [2.05, 4.69) is 21.8 Å². The quantitative estimate of drug-likeness (QED) is 0.531. The van der Waals surface area contributed by atoms with Crippen molar-refractivity contribution in [1.82, 2.24) is 9.78 Å². The Balaban J connectivity index is 1.40. The lowest BCUT2D eigenvalue weighted by molar-refractivity contribution is -0.173. The summed E-state index contributed by atoms with van der Waals surface area (Å²) in [6.45, 7) is 0.0640. The van der Waals surface area contributed by atoms with Gasteiger partial charge in [0, 0.05) is 24.6 Å². The third-order valence-electron chi connectivity index (χ3n) is 5.93. The van der Waals surface area contributed by atoms with Crippen molar-refractivity contribution in [3.8, 4) is 17.6 Å². The van der Waals surface area contributed by atoms with Crippen LogP contribution in [0.25, 0.3) is 0 Å². The van der Waals surface area contributed by atoms with Crippen molar-refractivity contribution in [2.45, 2.75) is 37.5 Å². The monoisotopic (exact) mass is 483 g/mol. The first-order chi connectivity index (χ1) is 16.8. The summed E-state index contributed by atoms with van der Waals surface area (Å²) in [5.41, 5.74) is 1.79. The number of amides is 1. The molecule has 0 radical (unpaired) electrons. The summed E-state index contributed by atoms with van der Waals surface area (Å²) < 4.78 is 53.4. The number of aromatic nitrogens is 2. The standard InChI is InChI=1S/C24H20F3N5O3/c25-24(26,27)21-11-17(15-6-7-19-20(10-15)35-13-34-19)30-22-12-18(31-32(21)22)23(33)29-16-5-1-3-14(9-16)4-2-8-28/h1,3,5-7,9-10,12,17,21,30H,2,4,11,13H2,(H,29,33). The van der Waals surface area contributed by atoms with E-state index < -0.39 is 24.2 Å². The van der Waals surface area contributed by atoms with Crippen LogP contribution in [0.15, 0.2) is 48.5 Å². The molecule has 3 heterocycles. The largest absolute Gasteiger partial charge is 0.454 e. The van der Waals surface area contributed by atoms with E-state index in [4.69, 9.17) is 14.7 Å². The molecule has 0 spiro atoms. The number of carbonyl (C=O) groups excluding carboxylic acids is 1. The third-order valence-corrected chi connectivity index (χ3v) is 5.93. The maximum absolute atomic E-state index is 14.0. The zero-order chi connectivity index (χ0) is 24.6. The van der Waals surface area contributed by atoms with E-state index in [1.165, 1.54) is 6.07 Å². The van der Waals surface area contributed by atoms with E-state index in [1.807, 2.05) is 6.07 Å². The number of halogens is 3. The van der Waals surface area contributed by atoms with Gasteiger partial charge in [0.2, 0.25) is 6.79 Å². The molecule has 35 heavy (non-hydrogen) atoms. The highest BCUT2D eigenvalue weighted by atomic mass is 19.4. The van der Waals surface area contributed by atoms with Gasteiger partial charge in [0.15, 0.2) is 23.2 Å². The molecule has 2 N–H and O–H groups in total. The normalized spacial score (nSPS) is 18.3. The molecule has 5 rings (SSSR count). The smallest absolute Gasteiger partial charge is 0.410 e. The highest BCUT2D eigenvalue weighted by molar-refractivity contribution is 6.03. The number of benzene rings is 2. The van der Waals surface area contributed by atoms with Crippen molar-refractivity contribution in [1.29, 1.82) is 5.26 Å². The van der Waals surface area contributed by atoms with Crippen LogP contribution in [0.4, 0.5) is 24.7 Å². The molecule has 2 aromatic carbocycles. The second kappa shape index (κ2) is 8.87. The summed E-state index contributed by atoms with van der Waals surface area (Å²) >= 11 is 0. The van der Waals surface area contributed by atoms with Crippen LogP contribution in [-0.4, -0.2) is 28.7 Å². The van der Waals surface area contributed by atoms with Gasteiger partial charge in [-0.25, -0.2) is 4.68 Å². The third kappa shape index (κ3) is 4.59. The number of aryl methyl sites for hydroxylation is 1. The number of fused-ring (bicyclic) bond motifs is 2. The summed E-state index contributed by atoms with van der Waals surface area (Å²) in [6.07, 6.45) is -4.02. The number of rotatable bonds is 5. The molecule has 2 atom stereocenters. The molecule has 0 saturated carbocycles. The fourth-order valence-corrected chi connectivity index (χ4v) is 4.23. The highest BCUT2D eigenvalue weighted by Gasteiger charge is 2.47. The van der Waals surface area contributed by atoms with Crippen LogP contribution in [0, 0.1) is 11.3 Å². The van der Waals surface area contributed by atoms with Gasteiger partial charge in [-0.3, -0.25) is 4.79 Å². The number of ether oxygens (including phenoxy) is 2. The van der Waals surface area contributed by atoms with Gasteiger partial charge in [-0.1, -0.05) is 18.2 Å². The van der Waals surface area contributed by atoms with Crippen molar-refractivity contribution >= 4 is 17.4 Å². The number of nitrogens with zero attached hydrogens (tertiary/aromatic N) is 3. The zero-order valence-corrected chi connectivity index (χ0v) is 18.3. The van der Waals surface area contributed by atoms with Crippen molar-refractivity contribution in [3.05, 3.63) is 65.4 Å². The first-order valence-electron chi connectivity index (χ1n) is 10.9. The van der Waals surface area contributed by atoms with E-state index in [0.29, 0.717) is 35.6 Å². The number of carbonyl (C=O) groups is 1. The Hall–Kier alpha value is -4.20. The summed E-state index contributed by atoms with van der Waals surface area (Å²) in [5.74, 6) is 0.475. The molecule has 0 bridgehead atoms. The van der Waals surface area contributed by atoms with E-state index >= 15 is 0 Å². The number of hydrogen-bond donors (Lipinski definition) is 2. The fourth-order valence-electron chi connectivity index (χ4n) is 4.23. The first-order valence-corrected chi connectivity index (χ1v) is 10.9. The van der Waals surface area contributed by atoms with Crippen LogP contribution < -0.4 is 20.1 Å². The van der Waals surface area contributed by atoms with E-state index in [-0.39, 0.29) is 24.7 Å². The van der Waals surface area contributed by atoms with Gasteiger partial charge in [0.1, 0.15) is 5.82 Å². The minimum atomic E-state index is -4.57. The summed E-state index contributed by atoms with van der Waals surface area (Å²) in [4.78, 5) is 12.8. The summed E-state index contributed by atoms with van der Waals surface area (Å²) in [7, 11) is 0. The predicted octanol–water partition coefficient (Wildman–Crippen LogP) is 4.98. The van der Waals surface area contributed by atoms with Gasteiger partial charge in [0.25, 0.3) is 5.91 Å². The first kappa shape index (κ1) is 22.6. The Morgan fingerprint density at radius 2 is 2.03 bits per heavy atom. The fraction of sp³-hybridized carbons (Fsp3) is 0.292. The number of nitrogens with one attached hydrogen (secondary N) is 2. The second-order valence-electron chi connectivity index (χ2n) is 8.27. The molecule has 1 aromatic heterocycles. The van der Waals surface area contributed by atoms with Crippen LogP contribution in [0.5, 0.6) is 11.5 Å². The lowest BCUT2D eigenvalue weighted by Gasteiger charge is -2.33. The van der Waals surface area contributed by atoms with Crippen molar-refractivity contribution < 1.29 is 27.4 Å². The SMILES string of the molecule is N#CCCc1cccc(NC(=O)c2cc3n(n2)C(C(F)(F)F)CC(c2ccc4c(c2)OCO4)N3)c1. The van der Waals surface area contributed by atoms with Gasteiger partial charge < -0.3 is 20.1 Å². The molecule has 3 aromatic rings. The van der Waals surface area contributed by atoms with Gasteiger partial charge in [-0.15, -0.1) is 0 Å². The average molecular weight is 483 g/mol. The predicted molar refractivity (Wildman–Crippen MR) is 119 cm³/mol. The minimum absolute atomic E-state index is 0.0640. The van der Waals surface area contributed by atoms with Gasteiger partial charge in [-0.2, -0.15) is 23.5 Å². The van der Waals surface area contributed by atoms with Crippen molar-refractivity contribution in [2.24, 2.45) is 0 Å². The molecule has 1 amide bonds. The average Bonchev–Trinajstić information content (AvgIpc) is 3.48. The van der Waals surface area contributed by atoms with Gasteiger partial charge in [0.05, 0.1) is 12.1 Å². The van der Waals surface area contributed by atoms with E-state index in [9.17, 15) is 18.0 Å². The molecular weight excluding hydrogens is 463 g/mol. The Morgan fingerprint density at radius 1 is 1.20 bits per heavy atom.